The summed E-state index contributed by atoms with van der Waals surface area (Å²) in [5.41, 5.74) is 3.79. The first-order valence-corrected chi connectivity index (χ1v) is 10.5. The van der Waals surface area contributed by atoms with Crippen LogP contribution in [0.4, 0.5) is 17.1 Å². The Balaban J connectivity index is 1.72. The Labute approximate surface area is 173 Å². The maximum absolute atomic E-state index is 13.0. The Bertz CT molecular complexity index is 899. The maximum Gasteiger partial charge on any atom is 0.240 e. The summed E-state index contributed by atoms with van der Waals surface area (Å²) in [6.07, 6.45) is 1.98. The van der Waals surface area contributed by atoms with Gasteiger partial charge in [0.1, 0.15) is 5.41 Å². The molecule has 0 atom stereocenters. The van der Waals surface area contributed by atoms with Gasteiger partial charge in [-0.15, -0.1) is 0 Å². The molecule has 3 rings (SSSR count). The molecule has 0 radical (unpaired) electrons. The Kier molecular flexibility index (Phi) is 6.26. The third kappa shape index (κ3) is 4.29. The number of hydrogen-bond donors (Lipinski definition) is 2. The van der Waals surface area contributed by atoms with Crippen LogP contribution < -0.4 is 15.5 Å². The molecule has 0 aliphatic heterocycles. The predicted molar refractivity (Wildman–Crippen MR) is 119 cm³/mol. The summed E-state index contributed by atoms with van der Waals surface area (Å²) in [5.74, 6) is -0.434. The average Bonchev–Trinajstić information content (AvgIpc) is 3.53. The zero-order valence-electron chi connectivity index (χ0n) is 17.8. The topological polar surface area (TPSA) is 61.4 Å². The Morgan fingerprint density at radius 1 is 0.931 bits per heavy atom. The van der Waals surface area contributed by atoms with Gasteiger partial charge in [-0.3, -0.25) is 9.59 Å². The first-order chi connectivity index (χ1) is 13.9. The second-order valence-corrected chi connectivity index (χ2v) is 7.67. The molecule has 0 bridgehead atoms. The predicted octanol–water partition coefficient (Wildman–Crippen LogP) is 4.76. The zero-order valence-corrected chi connectivity index (χ0v) is 17.8. The summed E-state index contributed by atoms with van der Waals surface area (Å²) < 4.78 is 0. The summed E-state index contributed by atoms with van der Waals surface area (Å²) in [5, 5.41) is 5.97. The number of aryl methyl sites for hydroxylation is 2. The molecule has 154 valence electrons. The Hall–Kier alpha value is -2.82. The van der Waals surface area contributed by atoms with Crippen molar-refractivity contribution in [1.82, 2.24) is 0 Å². The molecule has 0 heterocycles. The fraction of sp³-hybridized carbons (Fsp3) is 0.417. The van der Waals surface area contributed by atoms with E-state index in [4.69, 9.17) is 0 Å². The molecule has 0 unspecified atom stereocenters. The van der Waals surface area contributed by atoms with E-state index < -0.39 is 5.41 Å². The maximum atomic E-state index is 13.0. The number of rotatable bonds is 8. The molecule has 2 aromatic rings. The average molecular weight is 394 g/mol. The SMILES string of the molecule is CCc1ccccc1NC(=O)C1(C(=O)Nc2ccc(N(CC)CC)cc2C)CC1. The normalized spacial score (nSPS) is 14.2. The summed E-state index contributed by atoms with van der Waals surface area (Å²) in [6, 6.07) is 13.8. The van der Waals surface area contributed by atoms with Crippen molar-refractivity contribution in [1.29, 1.82) is 0 Å². The van der Waals surface area contributed by atoms with Crippen molar-refractivity contribution < 1.29 is 9.59 Å². The third-order valence-corrected chi connectivity index (χ3v) is 5.85. The molecule has 2 N–H and O–H groups in total. The van der Waals surface area contributed by atoms with Crippen molar-refractivity contribution in [3.63, 3.8) is 0 Å². The molecule has 0 aromatic heterocycles. The molecule has 5 heteroatoms. The van der Waals surface area contributed by atoms with Gasteiger partial charge in [0.15, 0.2) is 0 Å². The van der Waals surface area contributed by atoms with Gasteiger partial charge in [-0.1, -0.05) is 25.1 Å². The number of carbonyl (C=O) groups is 2. The minimum atomic E-state index is -0.967. The van der Waals surface area contributed by atoms with Crippen LogP contribution in [0.25, 0.3) is 0 Å². The van der Waals surface area contributed by atoms with Gasteiger partial charge in [0.25, 0.3) is 0 Å². The van der Waals surface area contributed by atoms with Gasteiger partial charge in [-0.25, -0.2) is 0 Å². The lowest BCUT2D eigenvalue weighted by Crippen LogP contribution is -2.36. The van der Waals surface area contributed by atoms with Gasteiger partial charge in [0, 0.05) is 30.2 Å². The number of nitrogens with one attached hydrogen (secondary N) is 2. The number of anilines is 3. The standard InChI is InChI=1S/C24H31N3O2/c1-5-18-10-8-9-11-21(18)26-23(29)24(14-15-24)22(28)25-20-13-12-19(16-17(20)4)27(6-2)7-3/h8-13,16H,5-7,14-15H2,1-4H3,(H,25,28)(H,26,29). The van der Waals surface area contributed by atoms with Crippen LogP contribution >= 0.6 is 0 Å². The van der Waals surface area contributed by atoms with Crippen molar-refractivity contribution in [2.45, 2.75) is 47.0 Å². The van der Waals surface area contributed by atoms with Crippen LogP contribution in [-0.2, 0) is 16.0 Å². The van der Waals surface area contributed by atoms with Crippen molar-refractivity contribution in [2.75, 3.05) is 28.6 Å². The highest BCUT2D eigenvalue weighted by molar-refractivity contribution is 6.17. The molecule has 1 fully saturated rings. The van der Waals surface area contributed by atoms with Crippen molar-refractivity contribution >= 4 is 28.9 Å². The van der Waals surface area contributed by atoms with E-state index in [1.54, 1.807) is 0 Å². The van der Waals surface area contributed by atoms with Crippen LogP contribution in [0.2, 0.25) is 0 Å². The van der Waals surface area contributed by atoms with Crippen LogP contribution in [0.5, 0.6) is 0 Å². The van der Waals surface area contributed by atoms with Gasteiger partial charge in [-0.05, 0) is 75.4 Å². The number of hydrogen-bond acceptors (Lipinski definition) is 3. The summed E-state index contributed by atoms with van der Waals surface area (Å²) >= 11 is 0. The van der Waals surface area contributed by atoms with Gasteiger partial charge in [0.05, 0.1) is 0 Å². The molecule has 1 aliphatic carbocycles. The number of benzene rings is 2. The highest BCUT2D eigenvalue weighted by Crippen LogP contribution is 2.47. The Morgan fingerprint density at radius 3 is 2.10 bits per heavy atom. The minimum absolute atomic E-state index is 0.215. The van der Waals surface area contributed by atoms with Crippen molar-refractivity contribution in [2.24, 2.45) is 5.41 Å². The first-order valence-electron chi connectivity index (χ1n) is 10.5. The number of amides is 2. The molecule has 2 aromatic carbocycles. The molecule has 1 aliphatic rings. The highest BCUT2D eigenvalue weighted by Gasteiger charge is 2.56. The smallest absolute Gasteiger partial charge is 0.240 e. The fourth-order valence-corrected chi connectivity index (χ4v) is 3.69. The summed E-state index contributed by atoms with van der Waals surface area (Å²) in [7, 11) is 0. The van der Waals surface area contributed by atoms with Crippen molar-refractivity contribution in [3.8, 4) is 0 Å². The number of carbonyl (C=O) groups excluding carboxylic acids is 2. The number of nitrogens with zero attached hydrogens (tertiary/aromatic N) is 1. The van der Waals surface area contributed by atoms with E-state index in [9.17, 15) is 9.59 Å². The van der Waals surface area contributed by atoms with E-state index in [1.807, 2.05) is 43.3 Å². The van der Waals surface area contributed by atoms with E-state index in [0.717, 1.165) is 47.7 Å². The van der Waals surface area contributed by atoms with Crippen LogP contribution in [0.15, 0.2) is 42.5 Å². The lowest BCUT2D eigenvalue weighted by molar-refractivity contribution is -0.131. The van der Waals surface area contributed by atoms with Crippen molar-refractivity contribution in [3.05, 3.63) is 53.6 Å². The molecule has 5 nitrogen and oxygen atoms in total. The second-order valence-electron chi connectivity index (χ2n) is 7.67. The first kappa shape index (κ1) is 20.9. The highest BCUT2D eigenvalue weighted by atomic mass is 16.2. The van der Waals surface area contributed by atoms with Crippen LogP contribution in [0.1, 0.15) is 44.7 Å². The van der Waals surface area contributed by atoms with Gasteiger partial charge < -0.3 is 15.5 Å². The second kappa shape index (κ2) is 8.68. The van der Waals surface area contributed by atoms with E-state index in [-0.39, 0.29) is 11.8 Å². The minimum Gasteiger partial charge on any atom is -0.372 e. The molecule has 0 spiro atoms. The zero-order chi connectivity index (χ0) is 21.0. The molecule has 29 heavy (non-hydrogen) atoms. The Morgan fingerprint density at radius 2 is 1.55 bits per heavy atom. The lowest BCUT2D eigenvalue weighted by atomic mass is 10.0. The quantitative estimate of drug-likeness (QED) is 0.636. The van der Waals surface area contributed by atoms with Crippen LogP contribution in [0, 0.1) is 12.3 Å². The largest absolute Gasteiger partial charge is 0.372 e. The monoisotopic (exact) mass is 393 g/mol. The molecular weight excluding hydrogens is 362 g/mol. The summed E-state index contributed by atoms with van der Waals surface area (Å²) in [6.45, 7) is 10.2. The lowest BCUT2D eigenvalue weighted by Gasteiger charge is -2.23. The summed E-state index contributed by atoms with van der Waals surface area (Å²) in [4.78, 5) is 28.2. The van der Waals surface area contributed by atoms with Gasteiger partial charge >= 0.3 is 0 Å². The third-order valence-electron chi connectivity index (χ3n) is 5.85. The molecular formula is C24H31N3O2. The molecule has 2 amide bonds. The van der Waals surface area contributed by atoms with Crippen LogP contribution in [-0.4, -0.2) is 24.9 Å². The van der Waals surface area contributed by atoms with E-state index in [2.05, 4.69) is 42.4 Å². The van der Waals surface area contributed by atoms with E-state index in [1.165, 1.54) is 0 Å². The fourth-order valence-electron chi connectivity index (χ4n) is 3.69. The van der Waals surface area contributed by atoms with Gasteiger partial charge in [-0.2, -0.15) is 0 Å². The van der Waals surface area contributed by atoms with E-state index in [0.29, 0.717) is 12.8 Å². The van der Waals surface area contributed by atoms with Crippen LogP contribution in [0.3, 0.4) is 0 Å². The molecule has 1 saturated carbocycles. The van der Waals surface area contributed by atoms with E-state index >= 15 is 0 Å². The van der Waals surface area contributed by atoms with Gasteiger partial charge in [0.2, 0.25) is 11.8 Å². The number of para-hydroxylation sites is 1. The molecule has 0 saturated heterocycles.